The molecule has 1 unspecified atom stereocenters. The lowest BCUT2D eigenvalue weighted by molar-refractivity contribution is -0.129. The maximum Gasteiger partial charge on any atom is 0.252 e. The van der Waals surface area contributed by atoms with Crippen LogP contribution in [0.25, 0.3) is 10.4 Å². The van der Waals surface area contributed by atoms with Crippen LogP contribution < -0.4 is 5.32 Å². The van der Waals surface area contributed by atoms with Gasteiger partial charge in [-0.3, -0.25) is 4.79 Å². The number of carbonyl (C=O) groups excluding carboxylic acids is 1. The highest BCUT2D eigenvalue weighted by Gasteiger charge is 2.56. The Labute approximate surface area is 237 Å². The zero-order valence-electron chi connectivity index (χ0n) is 23.7. The Balaban J connectivity index is 1.66. The van der Waals surface area contributed by atoms with Crippen molar-refractivity contribution in [3.63, 3.8) is 0 Å². The van der Waals surface area contributed by atoms with E-state index in [-0.39, 0.29) is 31.1 Å². The Morgan fingerprint density at radius 1 is 1.12 bits per heavy atom. The van der Waals surface area contributed by atoms with Crippen molar-refractivity contribution < 1.29 is 29.6 Å². The first kappa shape index (κ1) is 30.8. The molecule has 0 saturated heterocycles. The van der Waals surface area contributed by atoms with Gasteiger partial charge in [-0.15, -0.1) is 0 Å². The topological polar surface area (TPSA) is 169 Å². The number of aliphatic hydroxyl groups excluding tert-OH is 3. The molecule has 1 heterocycles. The third-order valence-corrected chi connectivity index (χ3v) is 9.05. The van der Waals surface area contributed by atoms with Gasteiger partial charge in [0.2, 0.25) is 0 Å². The van der Waals surface area contributed by atoms with Gasteiger partial charge in [0.15, 0.2) is 17.5 Å². The average molecular weight is 562 g/mol. The zero-order valence-corrected chi connectivity index (χ0v) is 23.7. The fraction of sp³-hybridized carbons (Fsp3) is 0.862. The van der Waals surface area contributed by atoms with Gasteiger partial charge in [-0.25, -0.2) is 4.99 Å². The van der Waals surface area contributed by atoms with E-state index in [9.17, 15) is 20.5 Å². The molecule has 2 saturated carbocycles. The molecule has 4 rings (SSSR count). The summed E-state index contributed by atoms with van der Waals surface area (Å²) < 4.78 is 12.7. The molecule has 40 heavy (non-hydrogen) atoms. The lowest BCUT2D eigenvalue weighted by Gasteiger charge is -2.37. The molecule has 11 nitrogen and oxygen atoms in total. The molecule has 0 bridgehead atoms. The van der Waals surface area contributed by atoms with E-state index >= 15 is 0 Å². The van der Waals surface area contributed by atoms with E-state index in [0.717, 1.165) is 69.8 Å². The van der Waals surface area contributed by atoms with Gasteiger partial charge in [0, 0.05) is 36.3 Å². The van der Waals surface area contributed by atoms with Gasteiger partial charge >= 0.3 is 0 Å². The Bertz CT molecular complexity index is 953. The van der Waals surface area contributed by atoms with Gasteiger partial charge in [0.25, 0.3) is 5.91 Å². The first-order valence-corrected chi connectivity index (χ1v) is 15.3. The Hall–Kier alpha value is -2.17. The predicted molar refractivity (Wildman–Crippen MR) is 150 cm³/mol. The summed E-state index contributed by atoms with van der Waals surface area (Å²) >= 11 is 0. The molecular weight excluding hydrogens is 514 g/mol. The number of hydrogen-bond donors (Lipinski definition) is 4. The van der Waals surface area contributed by atoms with Crippen molar-refractivity contribution in [2.24, 2.45) is 21.9 Å². The first-order valence-electron chi connectivity index (χ1n) is 15.3. The third kappa shape index (κ3) is 7.56. The standard InChI is InChI=1S/C29H47N5O6/c30-34-33-25-10-5-4-9-24(25)26-29(17-20-7-2-1-3-8-20,28(38)31-18-22(37)19-36)32-27(40-26)21-11-13-23(14-12-21)39-16-6-15-35/h20-23,26,35-37H,1-19H2,(H,31,38)/t21?,22?,23?,26-,29-/m1/s1. The molecule has 2 fully saturated rings. The highest BCUT2D eigenvalue weighted by Crippen LogP contribution is 2.46. The summed E-state index contributed by atoms with van der Waals surface area (Å²) in [5.74, 6) is 0.686. The van der Waals surface area contributed by atoms with Gasteiger partial charge in [-0.05, 0) is 81.2 Å². The number of rotatable bonds is 13. The van der Waals surface area contributed by atoms with Crippen LogP contribution in [0.2, 0.25) is 0 Å². The molecule has 0 aromatic carbocycles. The zero-order chi connectivity index (χ0) is 28.4. The third-order valence-electron chi connectivity index (χ3n) is 9.05. The number of allylic oxidation sites excluding steroid dienone is 1. The van der Waals surface area contributed by atoms with E-state index in [1.165, 1.54) is 6.42 Å². The number of ether oxygens (including phenoxy) is 2. The fourth-order valence-corrected chi connectivity index (χ4v) is 6.88. The SMILES string of the molecule is [N-]=[N+]=NC1=C([C@H]2OC(C3CCC(OCCCO)CC3)=N[C@@]2(CC2CCCCC2)C(=O)NCC(O)CO)CCCC1. The molecule has 11 heteroatoms. The number of nitrogens with zero attached hydrogens (tertiary/aromatic N) is 4. The number of amides is 1. The summed E-state index contributed by atoms with van der Waals surface area (Å²) in [5, 5.41) is 35.4. The number of nitrogens with one attached hydrogen (secondary N) is 1. The monoisotopic (exact) mass is 561 g/mol. The number of azide groups is 1. The summed E-state index contributed by atoms with van der Waals surface area (Å²) in [6.45, 7) is 0.152. The van der Waals surface area contributed by atoms with Crippen LogP contribution in [-0.4, -0.2) is 77.3 Å². The molecule has 1 amide bonds. The lowest BCUT2D eigenvalue weighted by Crippen LogP contribution is -2.55. The summed E-state index contributed by atoms with van der Waals surface area (Å²) in [6.07, 6.45) is 11.7. The molecule has 4 N–H and O–H groups in total. The maximum absolute atomic E-state index is 14.1. The quantitative estimate of drug-likeness (QED) is 0.114. The van der Waals surface area contributed by atoms with Crippen LogP contribution in [0.5, 0.6) is 0 Å². The van der Waals surface area contributed by atoms with Crippen molar-refractivity contribution in [2.45, 2.75) is 120 Å². The molecular formula is C29H47N5O6. The van der Waals surface area contributed by atoms with Crippen molar-refractivity contribution in [3.8, 4) is 0 Å². The minimum atomic E-state index is -1.22. The predicted octanol–water partition coefficient (Wildman–Crippen LogP) is 4.06. The molecule has 0 spiro atoms. The average Bonchev–Trinajstić information content (AvgIpc) is 3.37. The number of aliphatic hydroxyl groups is 3. The molecule has 3 atom stereocenters. The largest absolute Gasteiger partial charge is 0.470 e. The van der Waals surface area contributed by atoms with Crippen LogP contribution in [-0.2, 0) is 14.3 Å². The Morgan fingerprint density at radius 3 is 2.58 bits per heavy atom. The van der Waals surface area contributed by atoms with Crippen LogP contribution >= 0.6 is 0 Å². The van der Waals surface area contributed by atoms with Crippen LogP contribution in [0.3, 0.4) is 0 Å². The van der Waals surface area contributed by atoms with E-state index in [2.05, 4.69) is 15.3 Å². The molecule has 224 valence electrons. The Morgan fingerprint density at radius 2 is 1.88 bits per heavy atom. The van der Waals surface area contributed by atoms with Gasteiger partial charge in [-0.2, -0.15) is 0 Å². The summed E-state index contributed by atoms with van der Waals surface area (Å²) in [6, 6.07) is 0. The van der Waals surface area contributed by atoms with Gasteiger partial charge in [0.05, 0.1) is 18.8 Å². The first-order chi connectivity index (χ1) is 19.5. The molecule has 3 aliphatic carbocycles. The highest BCUT2D eigenvalue weighted by atomic mass is 16.5. The summed E-state index contributed by atoms with van der Waals surface area (Å²) in [4.78, 5) is 22.4. The van der Waals surface area contributed by atoms with Crippen molar-refractivity contribution in [1.29, 1.82) is 0 Å². The molecule has 4 aliphatic rings. The van der Waals surface area contributed by atoms with E-state index in [0.29, 0.717) is 49.8 Å². The van der Waals surface area contributed by atoms with Crippen molar-refractivity contribution in [2.75, 3.05) is 26.4 Å². The second-order valence-electron chi connectivity index (χ2n) is 11.9. The second-order valence-corrected chi connectivity index (χ2v) is 11.9. The van der Waals surface area contributed by atoms with Gasteiger partial charge in [-0.1, -0.05) is 37.2 Å². The number of hydrogen-bond acceptors (Lipinski definition) is 8. The minimum absolute atomic E-state index is 0.0661. The molecule has 0 aromatic heterocycles. The van der Waals surface area contributed by atoms with Crippen LogP contribution in [0.1, 0.15) is 96.3 Å². The van der Waals surface area contributed by atoms with E-state index < -0.39 is 24.4 Å². The minimum Gasteiger partial charge on any atom is -0.470 e. The lowest BCUT2D eigenvalue weighted by atomic mass is 9.73. The van der Waals surface area contributed by atoms with Crippen molar-refractivity contribution in [3.05, 3.63) is 21.7 Å². The molecule has 0 aromatic rings. The highest BCUT2D eigenvalue weighted by molar-refractivity contribution is 5.94. The van der Waals surface area contributed by atoms with E-state index in [1.807, 2.05) is 0 Å². The van der Waals surface area contributed by atoms with E-state index in [4.69, 9.17) is 19.6 Å². The van der Waals surface area contributed by atoms with Gasteiger partial charge < -0.3 is 30.1 Å². The van der Waals surface area contributed by atoms with Crippen molar-refractivity contribution in [1.82, 2.24) is 5.32 Å². The van der Waals surface area contributed by atoms with Crippen LogP contribution in [0.4, 0.5) is 0 Å². The summed E-state index contributed by atoms with van der Waals surface area (Å²) in [5.41, 5.74) is 9.62. The molecule has 0 radical (unpaired) electrons. The smallest absolute Gasteiger partial charge is 0.252 e. The number of aliphatic imine (C=N–C) groups is 1. The van der Waals surface area contributed by atoms with Crippen molar-refractivity contribution >= 4 is 11.8 Å². The molecule has 1 aliphatic heterocycles. The van der Waals surface area contributed by atoms with E-state index in [1.54, 1.807) is 0 Å². The number of carbonyl (C=O) groups is 1. The second kappa shape index (κ2) is 15.2. The van der Waals surface area contributed by atoms with Crippen LogP contribution in [0.15, 0.2) is 21.4 Å². The summed E-state index contributed by atoms with van der Waals surface area (Å²) in [7, 11) is 0. The van der Waals surface area contributed by atoms with Crippen LogP contribution in [0, 0.1) is 11.8 Å². The Kier molecular flexibility index (Phi) is 11.7. The fourth-order valence-electron chi connectivity index (χ4n) is 6.88. The normalized spacial score (nSPS) is 30.3. The maximum atomic E-state index is 14.1. The van der Waals surface area contributed by atoms with Gasteiger partial charge in [0.1, 0.15) is 0 Å².